The summed E-state index contributed by atoms with van der Waals surface area (Å²) in [7, 11) is 0. The van der Waals surface area contributed by atoms with E-state index < -0.39 is 33.7 Å². The molecule has 0 saturated carbocycles. The molecule has 2 unspecified atom stereocenters. The number of aromatic nitrogens is 2. The quantitative estimate of drug-likeness (QED) is 0.0590. The Morgan fingerprint density at radius 3 is 1.47 bits per heavy atom. The minimum Gasteiger partial charge on any atom is -0.505 e. The largest absolute Gasteiger partial charge is 0.505 e. The van der Waals surface area contributed by atoms with E-state index in [0.29, 0.717) is 49.0 Å². The lowest BCUT2D eigenvalue weighted by Gasteiger charge is -2.22. The van der Waals surface area contributed by atoms with Crippen molar-refractivity contribution in [3.05, 3.63) is 211 Å². The van der Waals surface area contributed by atoms with E-state index >= 15 is 0 Å². The Balaban J connectivity index is 0.000000196. The van der Waals surface area contributed by atoms with Gasteiger partial charge in [-0.25, -0.2) is 0 Å². The number of fused-ring (bicyclic) bond motifs is 2. The van der Waals surface area contributed by atoms with Crippen molar-refractivity contribution in [2.45, 2.75) is 12.1 Å². The van der Waals surface area contributed by atoms with Gasteiger partial charge in [0.1, 0.15) is 34.0 Å². The summed E-state index contributed by atoms with van der Waals surface area (Å²) in [6.45, 7) is -0.566. The van der Waals surface area contributed by atoms with E-state index in [4.69, 9.17) is 32.7 Å². The first-order chi connectivity index (χ1) is 31.9. The number of hydrogen-bond donors (Lipinski definition) is 4. The molecule has 18 heteroatoms. The molecular formula is C48H36Cl2N6O10. The number of carbonyl (C=O) groups excluding carboxylic acids is 2. The number of para-hydroxylation sites is 2. The normalized spacial score (nSPS) is 11.7. The lowest BCUT2D eigenvalue weighted by molar-refractivity contribution is -0.385. The predicted molar refractivity (Wildman–Crippen MR) is 247 cm³/mol. The minimum atomic E-state index is -0.944. The van der Waals surface area contributed by atoms with Crippen molar-refractivity contribution in [3.8, 4) is 23.0 Å². The van der Waals surface area contributed by atoms with Crippen molar-refractivity contribution in [2.24, 2.45) is 0 Å². The molecule has 0 aliphatic heterocycles. The number of phenolic OH excluding ortho intramolecular Hbond substituents is 2. The predicted octanol–water partition coefficient (Wildman–Crippen LogP) is 9.57. The first-order valence-corrected chi connectivity index (χ1v) is 20.6. The van der Waals surface area contributed by atoms with Gasteiger partial charge in [-0.05, 0) is 83.9 Å². The summed E-state index contributed by atoms with van der Waals surface area (Å²) < 4.78 is 11.0. The molecule has 2 aromatic heterocycles. The number of halogens is 2. The smallest absolute Gasteiger partial charge is 0.269 e. The molecule has 8 rings (SSSR count). The van der Waals surface area contributed by atoms with Gasteiger partial charge in [0.05, 0.1) is 32.0 Å². The van der Waals surface area contributed by atoms with Crippen LogP contribution in [-0.2, 0) is 9.59 Å². The summed E-state index contributed by atoms with van der Waals surface area (Å²) in [6, 6.07) is 37.2. The van der Waals surface area contributed by atoms with E-state index in [1.807, 2.05) is 12.1 Å². The van der Waals surface area contributed by atoms with Crippen molar-refractivity contribution >= 4 is 68.2 Å². The second kappa shape index (κ2) is 20.9. The minimum absolute atomic E-state index is 0.0985. The summed E-state index contributed by atoms with van der Waals surface area (Å²) in [4.78, 5) is 55.2. The van der Waals surface area contributed by atoms with Crippen molar-refractivity contribution < 1.29 is 39.1 Å². The maximum atomic E-state index is 12.8. The van der Waals surface area contributed by atoms with E-state index in [0.717, 1.165) is 0 Å². The maximum Gasteiger partial charge on any atom is 0.269 e. The van der Waals surface area contributed by atoms with Crippen molar-refractivity contribution in [2.75, 3.05) is 13.2 Å². The number of ether oxygens (including phenoxy) is 2. The van der Waals surface area contributed by atoms with E-state index in [1.54, 1.807) is 84.9 Å². The fraction of sp³-hybridized carbons (Fsp3) is 0.0833. The van der Waals surface area contributed by atoms with Crippen LogP contribution in [0.1, 0.15) is 34.3 Å². The Bertz CT molecular complexity index is 3060. The SMILES string of the molecule is O=C(COc1ccccc1)NC(c1ccc([N+](=O)[O-])cc1)c1cc(Cl)c2cccnc2c1O.O=C(COc1ccccc1)NC(c1cccc([N+](=O)[O-])c1)c1cc(Cl)c2cccnc2c1O. The van der Waals surface area contributed by atoms with Gasteiger partial charge in [0, 0.05) is 58.6 Å². The molecule has 4 N–H and O–H groups in total. The third kappa shape index (κ3) is 10.9. The number of nitrogens with one attached hydrogen (secondary N) is 2. The van der Waals surface area contributed by atoms with Crippen molar-refractivity contribution in [1.29, 1.82) is 0 Å². The highest BCUT2D eigenvalue weighted by atomic mass is 35.5. The summed E-state index contributed by atoms with van der Waals surface area (Å²) in [5.41, 5.74) is 1.73. The number of nitro benzene ring substituents is 2. The number of benzene rings is 6. The van der Waals surface area contributed by atoms with E-state index in [-0.39, 0.29) is 52.7 Å². The topological polar surface area (TPSA) is 229 Å². The molecule has 8 aromatic rings. The van der Waals surface area contributed by atoms with Crippen LogP contribution in [-0.4, -0.2) is 55.1 Å². The molecule has 0 fully saturated rings. The Morgan fingerprint density at radius 1 is 0.561 bits per heavy atom. The van der Waals surface area contributed by atoms with Crippen LogP contribution in [0.15, 0.2) is 158 Å². The van der Waals surface area contributed by atoms with Crippen LogP contribution in [0, 0.1) is 20.2 Å². The second-order valence-corrected chi connectivity index (χ2v) is 15.1. The number of aromatic hydroxyl groups is 2. The lowest BCUT2D eigenvalue weighted by atomic mass is 9.95. The molecule has 0 aliphatic carbocycles. The van der Waals surface area contributed by atoms with E-state index in [2.05, 4.69) is 20.6 Å². The molecule has 2 atom stereocenters. The fourth-order valence-corrected chi connectivity index (χ4v) is 7.42. The molecule has 0 bridgehead atoms. The van der Waals surface area contributed by atoms with Gasteiger partial charge in [-0.1, -0.05) is 71.7 Å². The maximum absolute atomic E-state index is 12.8. The zero-order valence-electron chi connectivity index (χ0n) is 34.3. The highest BCUT2D eigenvalue weighted by Crippen LogP contribution is 2.40. The lowest BCUT2D eigenvalue weighted by Crippen LogP contribution is -2.33. The molecule has 0 aliphatic rings. The average molecular weight is 928 g/mol. The van der Waals surface area contributed by atoms with Gasteiger partial charge >= 0.3 is 0 Å². The summed E-state index contributed by atoms with van der Waals surface area (Å²) in [6.07, 6.45) is 3.03. The van der Waals surface area contributed by atoms with Gasteiger partial charge < -0.3 is 30.3 Å². The van der Waals surface area contributed by atoms with Gasteiger partial charge in [0.25, 0.3) is 23.2 Å². The van der Waals surface area contributed by atoms with Crippen molar-refractivity contribution in [3.63, 3.8) is 0 Å². The zero-order valence-corrected chi connectivity index (χ0v) is 35.8. The van der Waals surface area contributed by atoms with Crippen molar-refractivity contribution in [1.82, 2.24) is 20.6 Å². The first kappa shape index (κ1) is 45.7. The Labute approximate surface area is 385 Å². The van der Waals surface area contributed by atoms with Crippen LogP contribution in [0.5, 0.6) is 23.0 Å². The molecule has 16 nitrogen and oxygen atoms in total. The molecule has 0 spiro atoms. The highest BCUT2D eigenvalue weighted by molar-refractivity contribution is 6.36. The molecule has 332 valence electrons. The molecule has 0 saturated heterocycles. The number of non-ortho nitro benzene ring substituents is 2. The van der Waals surface area contributed by atoms with E-state index in [1.165, 1.54) is 60.9 Å². The third-order valence-corrected chi connectivity index (χ3v) is 10.6. The van der Waals surface area contributed by atoms with Crippen LogP contribution in [0.25, 0.3) is 21.8 Å². The third-order valence-electron chi connectivity index (χ3n) is 10.0. The highest BCUT2D eigenvalue weighted by Gasteiger charge is 2.26. The number of carbonyl (C=O) groups is 2. The number of amides is 2. The van der Waals surface area contributed by atoms with Crippen LogP contribution in [0.2, 0.25) is 10.0 Å². The summed E-state index contributed by atoms with van der Waals surface area (Å²) >= 11 is 12.9. The summed E-state index contributed by atoms with van der Waals surface area (Å²) in [5, 5.41) is 51.6. The molecule has 2 heterocycles. The number of nitro groups is 2. The van der Waals surface area contributed by atoms with Gasteiger partial charge in [-0.15, -0.1) is 0 Å². The Hall–Kier alpha value is -8.34. The Morgan fingerprint density at radius 2 is 1.02 bits per heavy atom. The van der Waals surface area contributed by atoms with Gasteiger partial charge in [0.15, 0.2) is 13.2 Å². The fourth-order valence-electron chi connectivity index (χ4n) is 6.88. The number of hydrogen-bond acceptors (Lipinski definition) is 12. The molecule has 66 heavy (non-hydrogen) atoms. The monoisotopic (exact) mass is 926 g/mol. The zero-order chi connectivity index (χ0) is 46.7. The standard InChI is InChI=1S/2C24H18ClN3O5/c25-20-13-19(24(30)23-18(20)10-5-11-26-23)22(15-6-4-7-16(12-15)28(31)32)27-21(29)14-33-17-8-2-1-3-9-17;25-20-13-19(24(30)23-18(20)7-4-12-26-23)22(15-8-10-16(11-9-15)28(31)32)27-21(29)14-33-17-5-2-1-3-6-17/h2*1-13,22,30H,14H2,(H,27,29). The molecule has 0 radical (unpaired) electrons. The van der Waals surface area contributed by atoms with Gasteiger partial charge in [-0.3, -0.25) is 39.8 Å². The van der Waals surface area contributed by atoms with Crippen LogP contribution in [0.3, 0.4) is 0 Å². The van der Waals surface area contributed by atoms with E-state index in [9.17, 15) is 40.0 Å². The number of pyridine rings is 2. The molecule has 2 amide bonds. The van der Waals surface area contributed by atoms with Crippen LogP contribution < -0.4 is 20.1 Å². The number of rotatable bonds is 14. The van der Waals surface area contributed by atoms with Crippen LogP contribution in [0.4, 0.5) is 11.4 Å². The molecule has 6 aromatic carbocycles. The second-order valence-electron chi connectivity index (χ2n) is 14.3. The summed E-state index contributed by atoms with van der Waals surface area (Å²) in [5.74, 6) is -0.245. The van der Waals surface area contributed by atoms with Crippen LogP contribution >= 0.6 is 23.2 Å². The average Bonchev–Trinajstić information content (AvgIpc) is 3.34. The molecular weight excluding hydrogens is 891 g/mol. The first-order valence-electron chi connectivity index (χ1n) is 19.8. The van der Waals surface area contributed by atoms with Gasteiger partial charge in [0.2, 0.25) is 0 Å². The number of nitrogens with zero attached hydrogens (tertiary/aromatic N) is 4. The number of phenols is 2. The Kier molecular flexibility index (Phi) is 14.5. The van der Waals surface area contributed by atoms with Gasteiger partial charge in [-0.2, -0.15) is 0 Å².